The first-order valence-corrected chi connectivity index (χ1v) is 6.37. The Hall–Kier alpha value is 0.686. The van der Waals surface area contributed by atoms with E-state index in [9.17, 15) is 18.3 Å². The van der Waals surface area contributed by atoms with E-state index in [1.54, 1.807) is 6.92 Å². The summed E-state index contributed by atoms with van der Waals surface area (Å²) in [7, 11) is -3.35. The number of sulfone groups is 1. The second-order valence-corrected chi connectivity index (χ2v) is 6.08. The molecule has 0 N–H and O–H groups in total. The van der Waals surface area contributed by atoms with E-state index in [0.717, 1.165) is 17.6 Å². The van der Waals surface area contributed by atoms with Crippen LogP contribution in [0, 0.1) is 6.92 Å². The van der Waals surface area contributed by atoms with Crippen LogP contribution in [0.3, 0.4) is 0 Å². The van der Waals surface area contributed by atoms with Crippen LogP contribution in [0.5, 0.6) is 0 Å². The average Bonchev–Trinajstić information content (AvgIpc) is 2.30. The predicted octanol–water partition coefficient (Wildman–Crippen LogP) is -3.85. The minimum Gasteiger partial charge on any atom is -0.550 e. The Morgan fingerprint density at radius 3 is 2.40 bits per heavy atom. The molecular weight excluding hydrogens is 265 g/mol. The van der Waals surface area contributed by atoms with Crippen LogP contribution in [0.4, 0.5) is 0 Å². The Balaban J connectivity index is 0.00000196. The van der Waals surface area contributed by atoms with Gasteiger partial charge in [0.2, 0.25) is 14.2 Å². The molecule has 1 aromatic rings. The standard InChI is InChI=1S/C7H9NO4S2.K/c1-4-5(3-6(9)10)13-7(8-4)14(2,11)12;/h3H2,1-2H3,(H,9,10);/q;+1/p-1. The van der Waals surface area contributed by atoms with E-state index in [1.165, 1.54) is 0 Å². The van der Waals surface area contributed by atoms with Gasteiger partial charge in [0, 0.05) is 23.5 Å². The molecule has 1 rings (SSSR count). The molecule has 0 radical (unpaired) electrons. The molecule has 5 nitrogen and oxygen atoms in total. The molecular formula is C7H8KNO4S2. The van der Waals surface area contributed by atoms with Crippen molar-refractivity contribution >= 4 is 27.1 Å². The number of rotatable bonds is 3. The van der Waals surface area contributed by atoms with Gasteiger partial charge in [0.25, 0.3) is 0 Å². The Bertz CT molecular complexity index is 465. The second-order valence-electron chi connectivity index (χ2n) is 2.81. The molecule has 0 bridgehead atoms. The molecule has 0 saturated carbocycles. The summed E-state index contributed by atoms with van der Waals surface area (Å²) < 4.78 is 22.1. The summed E-state index contributed by atoms with van der Waals surface area (Å²) in [5.74, 6) is -1.24. The third-order valence-electron chi connectivity index (χ3n) is 1.50. The van der Waals surface area contributed by atoms with E-state index < -0.39 is 15.8 Å². The van der Waals surface area contributed by atoms with Gasteiger partial charge in [-0.3, -0.25) is 0 Å². The molecule has 0 atom stereocenters. The van der Waals surface area contributed by atoms with Crippen LogP contribution < -0.4 is 56.5 Å². The Labute approximate surface area is 134 Å². The van der Waals surface area contributed by atoms with Gasteiger partial charge >= 0.3 is 51.4 Å². The molecule has 0 saturated heterocycles. The largest absolute Gasteiger partial charge is 1.00 e. The Morgan fingerprint density at radius 1 is 1.53 bits per heavy atom. The zero-order chi connectivity index (χ0) is 10.9. The number of aliphatic carboxylic acids is 1. The van der Waals surface area contributed by atoms with Gasteiger partial charge in [0.15, 0.2) is 0 Å². The normalized spacial score (nSPS) is 10.8. The van der Waals surface area contributed by atoms with Crippen LogP contribution in [0.1, 0.15) is 10.6 Å². The molecule has 15 heavy (non-hydrogen) atoms. The van der Waals surface area contributed by atoms with Crippen molar-refractivity contribution < 1.29 is 69.7 Å². The third kappa shape index (κ3) is 4.59. The summed E-state index contributed by atoms with van der Waals surface area (Å²) in [6, 6.07) is 0. The van der Waals surface area contributed by atoms with Gasteiger partial charge in [-0.2, -0.15) is 0 Å². The summed E-state index contributed by atoms with van der Waals surface area (Å²) in [6.07, 6.45) is 0.743. The van der Waals surface area contributed by atoms with Crippen LogP contribution >= 0.6 is 11.3 Å². The van der Waals surface area contributed by atoms with E-state index in [0.29, 0.717) is 10.6 Å². The molecule has 0 spiro atoms. The molecule has 0 aliphatic heterocycles. The molecule has 0 fully saturated rings. The van der Waals surface area contributed by atoms with Crippen molar-refractivity contribution in [2.45, 2.75) is 17.7 Å². The molecule has 0 aliphatic carbocycles. The molecule has 0 unspecified atom stereocenters. The summed E-state index contributed by atoms with van der Waals surface area (Å²) in [4.78, 5) is 14.5. The van der Waals surface area contributed by atoms with Gasteiger partial charge in [0.05, 0.1) is 5.69 Å². The zero-order valence-electron chi connectivity index (χ0n) is 8.60. The van der Waals surface area contributed by atoms with Crippen molar-refractivity contribution in [3.8, 4) is 0 Å². The minimum atomic E-state index is -3.35. The maximum atomic E-state index is 11.1. The fourth-order valence-corrected chi connectivity index (χ4v) is 2.84. The number of hydrogen-bond donors (Lipinski definition) is 0. The molecule has 0 aromatic carbocycles. The molecule has 78 valence electrons. The fraction of sp³-hybridized carbons (Fsp3) is 0.429. The second kappa shape index (κ2) is 5.85. The summed E-state index contributed by atoms with van der Waals surface area (Å²) >= 11 is 0.875. The molecule has 8 heteroatoms. The van der Waals surface area contributed by atoms with Gasteiger partial charge in [-0.15, -0.1) is 11.3 Å². The zero-order valence-corrected chi connectivity index (χ0v) is 13.4. The molecule has 1 aromatic heterocycles. The third-order valence-corrected chi connectivity index (χ3v) is 4.33. The number of thiazole rings is 1. The van der Waals surface area contributed by atoms with Crippen molar-refractivity contribution in [2.75, 3.05) is 6.26 Å². The minimum absolute atomic E-state index is 0. The Morgan fingerprint density at radius 2 is 2.07 bits per heavy atom. The fourth-order valence-electron chi connectivity index (χ4n) is 0.855. The monoisotopic (exact) mass is 273 g/mol. The number of carboxylic acid groups (broad SMARTS) is 1. The van der Waals surface area contributed by atoms with Gasteiger partial charge in [-0.1, -0.05) is 0 Å². The molecule has 1 heterocycles. The van der Waals surface area contributed by atoms with Crippen molar-refractivity contribution in [1.29, 1.82) is 0 Å². The summed E-state index contributed by atoms with van der Waals surface area (Å²) in [5, 5.41) is 10.3. The average molecular weight is 273 g/mol. The van der Waals surface area contributed by atoms with Crippen molar-refractivity contribution in [2.24, 2.45) is 0 Å². The van der Waals surface area contributed by atoms with Crippen molar-refractivity contribution in [3.63, 3.8) is 0 Å². The van der Waals surface area contributed by atoms with Crippen molar-refractivity contribution in [1.82, 2.24) is 4.98 Å². The van der Waals surface area contributed by atoms with E-state index in [1.807, 2.05) is 0 Å². The van der Waals surface area contributed by atoms with Crippen LogP contribution in [0.2, 0.25) is 0 Å². The van der Waals surface area contributed by atoms with E-state index >= 15 is 0 Å². The van der Waals surface area contributed by atoms with Gasteiger partial charge in [-0.05, 0) is 6.92 Å². The molecule has 0 aliphatic rings. The van der Waals surface area contributed by atoms with Crippen LogP contribution in [-0.2, 0) is 21.1 Å². The first-order valence-electron chi connectivity index (χ1n) is 3.67. The summed E-state index contributed by atoms with van der Waals surface area (Å²) in [6.45, 7) is 1.57. The van der Waals surface area contributed by atoms with Crippen LogP contribution in [0.25, 0.3) is 0 Å². The maximum Gasteiger partial charge on any atom is 1.00 e. The van der Waals surface area contributed by atoms with E-state index in [2.05, 4.69) is 4.98 Å². The predicted molar refractivity (Wildman–Crippen MR) is 48.7 cm³/mol. The smallest absolute Gasteiger partial charge is 0.550 e. The van der Waals surface area contributed by atoms with Crippen molar-refractivity contribution in [3.05, 3.63) is 10.6 Å². The number of carboxylic acids is 1. The number of nitrogens with zero attached hydrogens (tertiary/aromatic N) is 1. The van der Waals surface area contributed by atoms with E-state index in [4.69, 9.17) is 0 Å². The Kier molecular flexibility index (Phi) is 6.12. The number of hydrogen-bond acceptors (Lipinski definition) is 6. The quantitative estimate of drug-likeness (QED) is 0.526. The number of aryl methyl sites for hydroxylation is 1. The molecule has 0 amide bonds. The SMILES string of the molecule is Cc1nc(S(C)(=O)=O)sc1CC(=O)[O-].[K+]. The topological polar surface area (TPSA) is 87.2 Å². The van der Waals surface area contributed by atoms with Gasteiger partial charge < -0.3 is 9.90 Å². The first-order chi connectivity index (χ1) is 6.30. The van der Waals surface area contributed by atoms with Crippen LogP contribution in [-0.4, -0.2) is 25.6 Å². The summed E-state index contributed by atoms with van der Waals surface area (Å²) in [5.41, 5.74) is 0.430. The van der Waals surface area contributed by atoms with Crippen LogP contribution in [0.15, 0.2) is 4.34 Å². The van der Waals surface area contributed by atoms with E-state index in [-0.39, 0.29) is 62.1 Å². The maximum absolute atomic E-state index is 11.1. The first kappa shape index (κ1) is 15.7. The number of aromatic nitrogens is 1. The van der Waals surface area contributed by atoms with Gasteiger partial charge in [0.1, 0.15) is 0 Å². The van der Waals surface area contributed by atoms with Gasteiger partial charge in [-0.25, -0.2) is 13.4 Å². The number of carbonyl (C=O) groups is 1. The number of carbonyl (C=O) groups excluding carboxylic acids is 1.